The number of carboxylic acid groups (broad SMARTS) is 1. The lowest BCUT2D eigenvalue weighted by atomic mass is 10.2. The second-order valence-electron chi connectivity index (χ2n) is 4.42. The van der Waals surface area contributed by atoms with Crippen LogP contribution in [0.3, 0.4) is 0 Å². The number of aromatic carboxylic acids is 1. The summed E-state index contributed by atoms with van der Waals surface area (Å²) in [6.45, 7) is 1.95. The molecular weight excluding hydrogens is 322 g/mol. The molecule has 1 N–H and O–H groups in total. The Bertz CT molecular complexity index is 826. The number of carboxylic acids is 1. The normalized spacial score (nSPS) is 10.9. The van der Waals surface area contributed by atoms with Gasteiger partial charge in [0.25, 0.3) is 0 Å². The van der Waals surface area contributed by atoms with E-state index in [2.05, 4.69) is 26.0 Å². The lowest BCUT2D eigenvalue weighted by molar-refractivity contribution is 0.0692. The molecule has 0 fully saturated rings. The summed E-state index contributed by atoms with van der Waals surface area (Å²) in [6, 6.07) is 9.16. The van der Waals surface area contributed by atoms with Gasteiger partial charge in [-0.3, -0.25) is 0 Å². The number of halogens is 1. The van der Waals surface area contributed by atoms with Crippen LogP contribution in [0.15, 0.2) is 41.0 Å². The molecule has 2 aromatic heterocycles. The molecule has 1 aromatic carbocycles. The molecule has 6 heteroatoms. The summed E-state index contributed by atoms with van der Waals surface area (Å²) in [5.74, 6) is -0.454. The highest BCUT2D eigenvalue weighted by Gasteiger charge is 2.17. The van der Waals surface area contributed by atoms with Crippen molar-refractivity contribution in [1.82, 2.24) is 14.8 Å². The Kier molecular flexibility index (Phi) is 3.02. The van der Waals surface area contributed by atoms with Crippen molar-refractivity contribution in [3.8, 4) is 5.82 Å². The number of carbonyl (C=O) groups is 1. The molecule has 3 rings (SSSR count). The predicted molar refractivity (Wildman–Crippen MR) is 78.3 cm³/mol. The van der Waals surface area contributed by atoms with Gasteiger partial charge in [-0.25, -0.2) is 14.5 Å². The summed E-state index contributed by atoms with van der Waals surface area (Å²) in [4.78, 5) is 15.6. The van der Waals surface area contributed by atoms with E-state index in [1.54, 1.807) is 16.9 Å². The number of rotatable bonds is 2. The molecule has 0 atom stereocenters. The number of aryl methyl sites for hydroxylation is 1. The summed E-state index contributed by atoms with van der Waals surface area (Å²) in [5, 5.41) is 14.0. The van der Waals surface area contributed by atoms with E-state index in [1.165, 1.54) is 0 Å². The molecule has 0 aliphatic carbocycles. The topological polar surface area (TPSA) is 68.0 Å². The lowest BCUT2D eigenvalue weighted by Gasteiger charge is -2.03. The molecule has 0 aliphatic rings. The zero-order chi connectivity index (χ0) is 14.3. The monoisotopic (exact) mass is 331 g/mol. The van der Waals surface area contributed by atoms with Gasteiger partial charge in [0.2, 0.25) is 0 Å². The van der Waals surface area contributed by atoms with Crippen molar-refractivity contribution in [2.45, 2.75) is 6.92 Å². The molecule has 0 saturated carbocycles. The van der Waals surface area contributed by atoms with Gasteiger partial charge in [-0.15, -0.1) is 0 Å². The Balaban J connectivity index is 2.34. The fraction of sp³-hybridized carbons (Fsp3) is 0.0714. The van der Waals surface area contributed by atoms with Gasteiger partial charge in [0, 0.05) is 16.1 Å². The van der Waals surface area contributed by atoms with Crippen LogP contribution in [0.4, 0.5) is 0 Å². The molecule has 0 spiro atoms. The first-order valence-corrected chi connectivity index (χ1v) is 6.70. The zero-order valence-corrected chi connectivity index (χ0v) is 12.1. The molecule has 0 radical (unpaired) electrons. The standard InChI is InChI=1S/C14H10BrN3O2/c1-8-4-5-16-12(6-8)18-11-3-2-9(15)7-10(11)13(17-18)14(19)20/h2-7H,1H3,(H,19,20). The maximum Gasteiger partial charge on any atom is 0.357 e. The van der Waals surface area contributed by atoms with Gasteiger partial charge in [0.15, 0.2) is 11.5 Å². The minimum Gasteiger partial charge on any atom is -0.476 e. The Labute approximate surface area is 123 Å². The van der Waals surface area contributed by atoms with E-state index < -0.39 is 5.97 Å². The van der Waals surface area contributed by atoms with Gasteiger partial charge >= 0.3 is 5.97 Å². The summed E-state index contributed by atoms with van der Waals surface area (Å²) < 4.78 is 2.36. The molecule has 3 aromatic rings. The molecule has 100 valence electrons. The first kappa shape index (κ1) is 12.8. The number of fused-ring (bicyclic) bond motifs is 1. The minimum absolute atomic E-state index is 0.0182. The molecule has 0 aliphatic heterocycles. The first-order chi connectivity index (χ1) is 9.56. The van der Waals surface area contributed by atoms with Crippen molar-refractivity contribution in [3.63, 3.8) is 0 Å². The van der Waals surface area contributed by atoms with E-state index in [1.807, 2.05) is 31.2 Å². The van der Waals surface area contributed by atoms with E-state index in [4.69, 9.17) is 0 Å². The van der Waals surface area contributed by atoms with Crippen molar-refractivity contribution in [2.24, 2.45) is 0 Å². The first-order valence-electron chi connectivity index (χ1n) is 5.91. The van der Waals surface area contributed by atoms with Crippen molar-refractivity contribution in [2.75, 3.05) is 0 Å². The summed E-state index contributed by atoms with van der Waals surface area (Å²) in [5.41, 5.74) is 1.76. The van der Waals surface area contributed by atoms with Crippen molar-refractivity contribution in [3.05, 3.63) is 52.3 Å². The van der Waals surface area contributed by atoms with Crippen molar-refractivity contribution < 1.29 is 9.90 Å². The molecule has 5 nitrogen and oxygen atoms in total. The third-order valence-corrected chi connectivity index (χ3v) is 3.46. The quantitative estimate of drug-likeness (QED) is 0.783. The fourth-order valence-corrected chi connectivity index (χ4v) is 2.42. The van der Waals surface area contributed by atoms with E-state index >= 15 is 0 Å². The molecule has 0 saturated heterocycles. The van der Waals surface area contributed by atoms with Gasteiger partial charge in [-0.1, -0.05) is 15.9 Å². The summed E-state index contributed by atoms with van der Waals surface area (Å²) in [6.07, 6.45) is 1.68. The van der Waals surface area contributed by atoms with Gasteiger partial charge in [-0.05, 0) is 42.8 Å². The smallest absolute Gasteiger partial charge is 0.357 e. The van der Waals surface area contributed by atoms with Gasteiger partial charge in [0.1, 0.15) is 0 Å². The maximum absolute atomic E-state index is 11.3. The van der Waals surface area contributed by atoms with E-state index in [0.29, 0.717) is 16.7 Å². The van der Waals surface area contributed by atoms with Crippen molar-refractivity contribution in [1.29, 1.82) is 0 Å². The third-order valence-electron chi connectivity index (χ3n) is 2.96. The van der Waals surface area contributed by atoms with Crippen molar-refractivity contribution >= 4 is 32.8 Å². The predicted octanol–water partition coefficient (Wildman–Crippen LogP) is 3.19. The zero-order valence-electron chi connectivity index (χ0n) is 10.5. The van der Waals surface area contributed by atoms with Crippen LogP contribution in [0.2, 0.25) is 0 Å². The van der Waals surface area contributed by atoms with Crippen LogP contribution in [0.5, 0.6) is 0 Å². The third kappa shape index (κ3) is 2.08. The number of pyridine rings is 1. The Morgan fingerprint density at radius 3 is 2.80 bits per heavy atom. The lowest BCUT2D eigenvalue weighted by Crippen LogP contribution is -2.03. The molecule has 0 bridgehead atoms. The van der Waals surface area contributed by atoms with E-state index in [0.717, 1.165) is 10.0 Å². The Hall–Kier alpha value is -2.21. The number of nitrogens with zero attached hydrogens (tertiary/aromatic N) is 3. The highest BCUT2D eigenvalue weighted by molar-refractivity contribution is 9.10. The Morgan fingerprint density at radius 1 is 1.30 bits per heavy atom. The fourth-order valence-electron chi connectivity index (χ4n) is 2.06. The second-order valence-corrected chi connectivity index (χ2v) is 5.33. The molecule has 0 unspecified atom stereocenters. The van der Waals surface area contributed by atoms with Gasteiger partial charge in [0.05, 0.1) is 5.52 Å². The molecule has 2 heterocycles. The number of hydrogen-bond acceptors (Lipinski definition) is 3. The minimum atomic E-state index is -1.06. The number of aromatic nitrogens is 3. The highest BCUT2D eigenvalue weighted by Crippen LogP contribution is 2.25. The summed E-state index contributed by atoms with van der Waals surface area (Å²) in [7, 11) is 0. The number of benzene rings is 1. The van der Waals surface area contributed by atoms with Crippen LogP contribution in [0.1, 0.15) is 16.1 Å². The van der Waals surface area contributed by atoms with Crippen LogP contribution >= 0.6 is 15.9 Å². The van der Waals surface area contributed by atoms with Crippen LogP contribution in [0.25, 0.3) is 16.7 Å². The highest BCUT2D eigenvalue weighted by atomic mass is 79.9. The molecular formula is C14H10BrN3O2. The van der Waals surface area contributed by atoms with Crippen LogP contribution in [-0.2, 0) is 0 Å². The van der Waals surface area contributed by atoms with Crippen LogP contribution in [-0.4, -0.2) is 25.8 Å². The molecule has 0 amide bonds. The molecule has 20 heavy (non-hydrogen) atoms. The maximum atomic E-state index is 11.3. The van der Waals surface area contributed by atoms with E-state index in [9.17, 15) is 9.90 Å². The second kappa shape index (κ2) is 4.72. The van der Waals surface area contributed by atoms with Crippen LogP contribution < -0.4 is 0 Å². The Morgan fingerprint density at radius 2 is 2.10 bits per heavy atom. The number of hydrogen-bond donors (Lipinski definition) is 1. The largest absolute Gasteiger partial charge is 0.476 e. The van der Waals surface area contributed by atoms with Gasteiger partial charge in [-0.2, -0.15) is 5.10 Å². The summed E-state index contributed by atoms with van der Waals surface area (Å²) >= 11 is 3.35. The van der Waals surface area contributed by atoms with Gasteiger partial charge < -0.3 is 5.11 Å². The average Bonchev–Trinajstić information content (AvgIpc) is 2.77. The average molecular weight is 332 g/mol. The van der Waals surface area contributed by atoms with E-state index in [-0.39, 0.29) is 5.69 Å². The SMILES string of the molecule is Cc1ccnc(-n2nc(C(=O)O)c3cc(Br)ccc32)c1. The van der Waals surface area contributed by atoms with Crippen LogP contribution in [0, 0.1) is 6.92 Å².